The van der Waals surface area contributed by atoms with Gasteiger partial charge < -0.3 is 19.3 Å². The molecule has 0 aromatic rings. The summed E-state index contributed by atoms with van der Waals surface area (Å²) in [6.07, 6.45) is -1.60. The summed E-state index contributed by atoms with van der Waals surface area (Å²) in [4.78, 5) is 21.6. The lowest BCUT2D eigenvalue weighted by Gasteiger charge is -2.36. The van der Waals surface area contributed by atoms with Gasteiger partial charge in [0.1, 0.15) is 18.8 Å². The van der Waals surface area contributed by atoms with Crippen molar-refractivity contribution in [1.82, 2.24) is 0 Å². The van der Waals surface area contributed by atoms with Crippen LogP contribution in [0.3, 0.4) is 0 Å². The van der Waals surface area contributed by atoms with Crippen molar-refractivity contribution in [3.05, 3.63) is 0 Å². The first kappa shape index (κ1) is 14.7. The molecule has 1 saturated heterocycles. The summed E-state index contributed by atoms with van der Waals surface area (Å²) in [6.45, 7) is 2.55. The van der Waals surface area contributed by atoms with E-state index < -0.39 is 30.4 Å². The van der Waals surface area contributed by atoms with Crippen LogP contribution in [0, 0.1) is 0 Å². The van der Waals surface area contributed by atoms with E-state index >= 15 is 0 Å². The number of alkyl halides is 1. The number of ether oxygens (including phenoxy) is 3. The average molecular weight is 358 g/mol. The lowest BCUT2D eigenvalue weighted by atomic mass is 10.1. The van der Waals surface area contributed by atoms with Crippen molar-refractivity contribution in [3.63, 3.8) is 0 Å². The number of rotatable bonds is 3. The number of hydrogen-bond acceptors (Lipinski definition) is 6. The van der Waals surface area contributed by atoms with Crippen molar-refractivity contribution in [3.8, 4) is 0 Å². The highest BCUT2D eigenvalue weighted by Crippen LogP contribution is 2.27. The summed E-state index contributed by atoms with van der Waals surface area (Å²) in [7, 11) is 0. The predicted octanol–water partition coefficient (Wildman–Crippen LogP) is 0.392. The fourth-order valence-corrected chi connectivity index (χ4v) is 2.20. The highest BCUT2D eigenvalue weighted by atomic mass is 127. The molecule has 0 spiro atoms. The van der Waals surface area contributed by atoms with Crippen molar-refractivity contribution in [2.75, 3.05) is 6.61 Å². The molecule has 0 saturated carbocycles. The van der Waals surface area contributed by atoms with Crippen LogP contribution in [0.4, 0.5) is 0 Å². The minimum absolute atomic E-state index is 0.0340. The SMILES string of the molecule is CC(=O)OCC1OC(O)C(I)CC1OC(C)=O. The van der Waals surface area contributed by atoms with Gasteiger partial charge in [-0.1, -0.05) is 22.6 Å². The van der Waals surface area contributed by atoms with E-state index in [1.165, 1.54) is 13.8 Å². The number of aliphatic hydroxyl groups is 1. The van der Waals surface area contributed by atoms with Crippen LogP contribution >= 0.6 is 22.6 Å². The Kier molecular flexibility index (Phi) is 5.60. The zero-order valence-electron chi connectivity index (χ0n) is 9.59. The van der Waals surface area contributed by atoms with Gasteiger partial charge in [0.05, 0.1) is 3.92 Å². The first-order valence-electron chi connectivity index (χ1n) is 5.18. The lowest BCUT2D eigenvalue weighted by Crippen LogP contribution is -2.48. The number of carbonyl (C=O) groups excluding carboxylic acids is 2. The van der Waals surface area contributed by atoms with Crippen molar-refractivity contribution < 1.29 is 28.9 Å². The van der Waals surface area contributed by atoms with Crippen LogP contribution in [0.25, 0.3) is 0 Å². The highest BCUT2D eigenvalue weighted by molar-refractivity contribution is 14.1. The van der Waals surface area contributed by atoms with E-state index in [1.54, 1.807) is 0 Å². The Labute approximate surface area is 113 Å². The van der Waals surface area contributed by atoms with Gasteiger partial charge in [0.25, 0.3) is 0 Å². The van der Waals surface area contributed by atoms with Gasteiger partial charge in [-0.15, -0.1) is 0 Å². The lowest BCUT2D eigenvalue weighted by molar-refractivity contribution is -0.216. The van der Waals surface area contributed by atoms with E-state index in [4.69, 9.17) is 14.2 Å². The Hall–Kier alpha value is -0.410. The number of carbonyl (C=O) groups is 2. The zero-order chi connectivity index (χ0) is 13.0. The van der Waals surface area contributed by atoms with Crippen LogP contribution < -0.4 is 0 Å². The third-order valence-corrected chi connectivity index (χ3v) is 3.39. The van der Waals surface area contributed by atoms with E-state index in [0.29, 0.717) is 6.42 Å². The van der Waals surface area contributed by atoms with Gasteiger partial charge in [0.15, 0.2) is 6.29 Å². The minimum atomic E-state index is -0.942. The molecule has 1 aliphatic rings. The monoisotopic (exact) mass is 358 g/mol. The maximum Gasteiger partial charge on any atom is 0.302 e. The molecule has 0 aromatic carbocycles. The highest BCUT2D eigenvalue weighted by Gasteiger charge is 2.38. The second kappa shape index (κ2) is 6.50. The molecule has 1 fully saturated rings. The van der Waals surface area contributed by atoms with Gasteiger partial charge in [-0.2, -0.15) is 0 Å². The number of halogens is 1. The summed E-state index contributed by atoms with van der Waals surface area (Å²) < 4.78 is 15.0. The van der Waals surface area contributed by atoms with E-state index in [0.717, 1.165) is 0 Å². The minimum Gasteiger partial charge on any atom is -0.463 e. The molecule has 0 bridgehead atoms. The predicted molar refractivity (Wildman–Crippen MR) is 65.5 cm³/mol. The second-order valence-electron chi connectivity index (χ2n) is 3.77. The van der Waals surface area contributed by atoms with Crippen LogP contribution in [-0.2, 0) is 23.8 Å². The molecular formula is C10H15IO6. The van der Waals surface area contributed by atoms with Crippen LogP contribution in [0.1, 0.15) is 20.3 Å². The Morgan fingerprint density at radius 3 is 2.59 bits per heavy atom. The fraction of sp³-hybridized carbons (Fsp3) is 0.800. The molecule has 4 unspecified atom stereocenters. The maximum atomic E-state index is 10.9. The van der Waals surface area contributed by atoms with Gasteiger partial charge >= 0.3 is 11.9 Å². The smallest absolute Gasteiger partial charge is 0.302 e. The van der Waals surface area contributed by atoms with E-state index in [2.05, 4.69) is 0 Å². The molecule has 0 aromatic heterocycles. The van der Waals surface area contributed by atoms with Crippen molar-refractivity contribution in [1.29, 1.82) is 0 Å². The molecule has 1 rings (SSSR count). The molecule has 1 aliphatic heterocycles. The summed E-state index contributed by atoms with van der Waals surface area (Å²) in [6, 6.07) is 0. The Balaban J connectivity index is 2.60. The van der Waals surface area contributed by atoms with Gasteiger partial charge in [0.2, 0.25) is 0 Å². The third kappa shape index (κ3) is 4.76. The van der Waals surface area contributed by atoms with E-state index in [1.807, 2.05) is 22.6 Å². The van der Waals surface area contributed by atoms with Gasteiger partial charge in [0, 0.05) is 20.3 Å². The largest absolute Gasteiger partial charge is 0.463 e. The number of aliphatic hydroxyl groups excluding tert-OH is 1. The first-order valence-corrected chi connectivity index (χ1v) is 6.43. The summed E-state index contributed by atoms with van der Waals surface area (Å²) in [5, 5.41) is 9.55. The second-order valence-corrected chi connectivity index (χ2v) is 5.37. The van der Waals surface area contributed by atoms with E-state index in [-0.39, 0.29) is 10.5 Å². The van der Waals surface area contributed by atoms with Gasteiger partial charge in [-0.25, -0.2) is 0 Å². The normalized spacial score (nSPS) is 32.9. The fourth-order valence-electron chi connectivity index (χ4n) is 1.53. The molecule has 1 heterocycles. The Morgan fingerprint density at radius 1 is 1.41 bits per heavy atom. The van der Waals surface area contributed by atoms with Crippen molar-refractivity contribution in [2.24, 2.45) is 0 Å². The molecule has 0 amide bonds. The Bertz CT molecular complexity index is 295. The first-order chi connectivity index (χ1) is 7.90. The molecule has 0 aliphatic carbocycles. The molecule has 7 heteroatoms. The number of esters is 2. The quantitative estimate of drug-likeness (QED) is 0.447. The van der Waals surface area contributed by atoms with Crippen LogP contribution in [0.5, 0.6) is 0 Å². The van der Waals surface area contributed by atoms with Crippen LogP contribution in [0.2, 0.25) is 0 Å². The standard InChI is InChI=1S/C10H15IO6/c1-5(12)15-4-9-8(16-6(2)13)3-7(11)10(14)17-9/h7-10,14H,3-4H2,1-2H3. The zero-order valence-corrected chi connectivity index (χ0v) is 11.7. The van der Waals surface area contributed by atoms with Crippen LogP contribution in [0.15, 0.2) is 0 Å². The average Bonchev–Trinajstić information content (AvgIpc) is 2.20. The summed E-state index contributed by atoms with van der Waals surface area (Å²) >= 11 is 2.02. The molecular weight excluding hydrogens is 343 g/mol. The molecule has 4 atom stereocenters. The molecule has 98 valence electrons. The number of hydrogen-bond donors (Lipinski definition) is 1. The molecule has 1 N–H and O–H groups in total. The van der Waals surface area contributed by atoms with E-state index in [9.17, 15) is 14.7 Å². The maximum absolute atomic E-state index is 10.9. The van der Waals surface area contributed by atoms with Gasteiger partial charge in [-0.05, 0) is 0 Å². The molecule has 0 radical (unpaired) electrons. The third-order valence-electron chi connectivity index (χ3n) is 2.26. The van der Waals surface area contributed by atoms with Crippen LogP contribution in [-0.4, -0.2) is 46.1 Å². The van der Waals surface area contributed by atoms with Gasteiger partial charge in [-0.3, -0.25) is 9.59 Å². The molecule has 6 nitrogen and oxygen atoms in total. The van der Waals surface area contributed by atoms with Crippen molar-refractivity contribution in [2.45, 2.75) is 42.7 Å². The Morgan fingerprint density at radius 2 is 2.06 bits per heavy atom. The van der Waals surface area contributed by atoms with Crippen molar-refractivity contribution >= 4 is 34.5 Å². The summed E-state index contributed by atoms with van der Waals surface area (Å²) in [5.41, 5.74) is 0. The molecule has 17 heavy (non-hydrogen) atoms. The topological polar surface area (TPSA) is 82.1 Å². The summed E-state index contributed by atoms with van der Waals surface area (Å²) in [5.74, 6) is -0.868.